The number of piperidine rings is 1. The number of aryl methyl sites for hydroxylation is 2. The predicted octanol–water partition coefficient (Wildman–Crippen LogP) is 4.15. The van der Waals surface area contributed by atoms with Crippen LogP contribution in [0.2, 0.25) is 0 Å². The van der Waals surface area contributed by atoms with Crippen molar-refractivity contribution in [2.75, 3.05) is 23.3 Å². The molecule has 29 heavy (non-hydrogen) atoms. The third-order valence-corrected chi connectivity index (χ3v) is 6.03. The quantitative estimate of drug-likeness (QED) is 0.710. The predicted molar refractivity (Wildman–Crippen MR) is 117 cm³/mol. The van der Waals surface area contributed by atoms with Crippen molar-refractivity contribution in [1.82, 2.24) is 14.8 Å². The number of nitrogens with one attached hydrogen (secondary N) is 1. The number of carbonyl (C=O) groups is 1. The Morgan fingerprint density at radius 3 is 2.62 bits per heavy atom. The van der Waals surface area contributed by atoms with E-state index in [-0.39, 0.29) is 5.91 Å². The lowest BCUT2D eigenvalue weighted by molar-refractivity contribution is -0.116. The minimum absolute atomic E-state index is 0.0172. The van der Waals surface area contributed by atoms with Crippen molar-refractivity contribution in [3.05, 3.63) is 47.5 Å². The number of hydrogen-bond donors (Lipinski definition) is 1. The van der Waals surface area contributed by atoms with Crippen molar-refractivity contribution in [3.8, 4) is 0 Å². The van der Waals surface area contributed by atoms with Crippen LogP contribution in [0.4, 0.5) is 11.4 Å². The standard InChI is InChI=1S/C23H29N5O/c1-16-18(17(2)27(3)26-16)7-10-23(29)25-21-8-9-22(28-13-5-4-6-14-28)19-11-12-24-15-20(19)21/h8-9,11-12,15H,4-7,10,13-14H2,1-3H3,(H,25,29). The molecule has 0 bridgehead atoms. The molecule has 2 aromatic heterocycles. The molecule has 0 unspecified atom stereocenters. The van der Waals surface area contributed by atoms with Gasteiger partial charge in [0.05, 0.1) is 11.4 Å². The van der Waals surface area contributed by atoms with Crippen LogP contribution in [-0.2, 0) is 18.3 Å². The van der Waals surface area contributed by atoms with E-state index in [2.05, 4.69) is 32.4 Å². The highest BCUT2D eigenvalue weighted by molar-refractivity contribution is 6.06. The fraction of sp³-hybridized carbons (Fsp3) is 0.435. The van der Waals surface area contributed by atoms with Gasteiger partial charge < -0.3 is 10.2 Å². The minimum atomic E-state index is 0.0172. The Hall–Kier alpha value is -2.89. The number of hydrogen-bond acceptors (Lipinski definition) is 4. The van der Waals surface area contributed by atoms with Crippen LogP contribution in [0.3, 0.4) is 0 Å². The fourth-order valence-electron chi connectivity index (χ4n) is 4.32. The van der Waals surface area contributed by atoms with Gasteiger partial charge >= 0.3 is 0 Å². The molecule has 3 heterocycles. The summed E-state index contributed by atoms with van der Waals surface area (Å²) in [4.78, 5) is 19.4. The molecule has 1 N–H and O–H groups in total. The molecule has 0 radical (unpaired) electrons. The van der Waals surface area contributed by atoms with Crippen molar-refractivity contribution in [1.29, 1.82) is 0 Å². The molecule has 0 saturated carbocycles. The molecule has 1 saturated heterocycles. The second kappa shape index (κ2) is 8.23. The van der Waals surface area contributed by atoms with Crippen molar-refractivity contribution in [3.63, 3.8) is 0 Å². The van der Waals surface area contributed by atoms with Crippen LogP contribution in [0.15, 0.2) is 30.6 Å². The van der Waals surface area contributed by atoms with Crippen LogP contribution in [-0.4, -0.2) is 33.8 Å². The van der Waals surface area contributed by atoms with Gasteiger partial charge in [0.1, 0.15) is 0 Å². The van der Waals surface area contributed by atoms with Gasteiger partial charge in [-0.15, -0.1) is 0 Å². The van der Waals surface area contributed by atoms with Crippen molar-refractivity contribution in [2.45, 2.75) is 46.0 Å². The summed E-state index contributed by atoms with van der Waals surface area (Å²) in [5.74, 6) is 0.0172. The normalized spacial score (nSPS) is 14.4. The van der Waals surface area contributed by atoms with Gasteiger partial charge in [0, 0.05) is 61.1 Å². The zero-order valence-electron chi connectivity index (χ0n) is 17.5. The number of carbonyl (C=O) groups excluding carboxylic acids is 1. The molecule has 1 amide bonds. The van der Waals surface area contributed by atoms with E-state index in [0.717, 1.165) is 46.5 Å². The summed E-state index contributed by atoms with van der Waals surface area (Å²) < 4.78 is 1.88. The highest BCUT2D eigenvalue weighted by atomic mass is 16.1. The van der Waals surface area contributed by atoms with Crippen LogP contribution in [0.1, 0.15) is 42.6 Å². The van der Waals surface area contributed by atoms with E-state index < -0.39 is 0 Å². The van der Waals surface area contributed by atoms with Gasteiger partial charge in [-0.25, -0.2) is 0 Å². The summed E-state index contributed by atoms with van der Waals surface area (Å²) in [6.45, 7) is 6.23. The molecule has 0 aliphatic carbocycles. The minimum Gasteiger partial charge on any atom is -0.371 e. The number of rotatable bonds is 5. The topological polar surface area (TPSA) is 63.1 Å². The van der Waals surface area contributed by atoms with Gasteiger partial charge in [-0.2, -0.15) is 5.10 Å². The SMILES string of the molecule is Cc1nn(C)c(C)c1CCC(=O)Nc1ccc(N2CCCCC2)c2ccncc12. The van der Waals surface area contributed by atoms with E-state index in [1.807, 2.05) is 44.0 Å². The van der Waals surface area contributed by atoms with E-state index in [0.29, 0.717) is 12.8 Å². The number of amides is 1. The molecule has 6 heteroatoms. The first-order valence-corrected chi connectivity index (χ1v) is 10.4. The molecule has 3 aromatic rings. The third kappa shape index (κ3) is 3.97. The van der Waals surface area contributed by atoms with Gasteiger partial charge in [-0.1, -0.05) is 0 Å². The maximum absolute atomic E-state index is 12.7. The Morgan fingerprint density at radius 2 is 1.90 bits per heavy atom. The molecule has 1 aliphatic rings. The molecule has 0 atom stereocenters. The third-order valence-electron chi connectivity index (χ3n) is 6.03. The maximum atomic E-state index is 12.7. The lowest BCUT2D eigenvalue weighted by Crippen LogP contribution is -2.29. The van der Waals surface area contributed by atoms with Gasteiger partial charge in [0.15, 0.2) is 0 Å². The number of benzene rings is 1. The first-order valence-electron chi connectivity index (χ1n) is 10.4. The lowest BCUT2D eigenvalue weighted by Gasteiger charge is -2.30. The molecule has 6 nitrogen and oxygen atoms in total. The van der Waals surface area contributed by atoms with E-state index in [1.54, 1.807) is 0 Å². The molecule has 1 aliphatic heterocycles. The van der Waals surface area contributed by atoms with Crippen LogP contribution >= 0.6 is 0 Å². The second-order valence-corrected chi connectivity index (χ2v) is 7.92. The summed E-state index contributed by atoms with van der Waals surface area (Å²) in [6, 6.07) is 6.21. The highest BCUT2D eigenvalue weighted by Crippen LogP contribution is 2.33. The summed E-state index contributed by atoms with van der Waals surface area (Å²) >= 11 is 0. The van der Waals surface area contributed by atoms with Gasteiger partial charge in [-0.05, 0) is 63.3 Å². The molecule has 1 aromatic carbocycles. The number of aromatic nitrogens is 3. The number of pyridine rings is 1. The Bertz CT molecular complexity index is 1030. The molecule has 4 rings (SSSR count). The van der Waals surface area contributed by atoms with Gasteiger partial charge in [-0.3, -0.25) is 14.5 Å². The highest BCUT2D eigenvalue weighted by Gasteiger charge is 2.16. The molecule has 1 fully saturated rings. The average molecular weight is 392 g/mol. The molecular formula is C23H29N5O. The number of nitrogens with zero attached hydrogens (tertiary/aromatic N) is 4. The lowest BCUT2D eigenvalue weighted by atomic mass is 10.0. The van der Waals surface area contributed by atoms with Gasteiger partial charge in [0.25, 0.3) is 0 Å². The Balaban J connectivity index is 1.52. The van der Waals surface area contributed by atoms with Crippen LogP contribution in [0.5, 0.6) is 0 Å². The van der Waals surface area contributed by atoms with E-state index in [1.165, 1.54) is 24.9 Å². The Morgan fingerprint density at radius 1 is 1.10 bits per heavy atom. The van der Waals surface area contributed by atoms with Crippen LogP contribution in [0, 0.1) is 13.8 Å². The van der Waals surface area contributed by atoms with Crippen molar-refractivity contribution >= 4 is 28.1 Å². The van der Waals surface area contributed by atoms with Crippen LogP contribution < -0.4 is 10.2 Å². The van der Waals surface area contributed by atoms with E-state index >= 15 is 0 Å². The zero-order chi connectivity index (χ0) is 20.4. The largest absolute Gasteiger partial charge is 0.371 e. The number of fused-ring (bicyclic) bond motifs is 1. The summed E-state index contributed by atoms with van der Waals surface area (Å²) in [6.07, 6.45) is 8.59. The Labute approximate surface area is 171 Å². The number of anilines is 2. The summed E-state index contributed by atoms with van der Waals surface area (Å²) in [7, 11) is 1.94. The molecule has 0 spiro atoms. The second-order valence-electron chi connectivity index (χ2n) is 7.92. The molecule has 152 valence electrons. The van der Waals surface area contributed by atoms with E-state index in [4.69, 9.17) is 0 Å². The van der Waals surface area contributed by atoms with Crippen molar-refractivity contribution < 1.29 is 4.79 Å². The first-order chi connectivity index (χ1) is 14.0. The van der Waals surface area contributed by atoms with Gasteiger partial charge in [0.2, 0.25) is 5.91 Å². The maximum Gasteiger partial charge on any atom is 0.224 e. The first kappa shape index (κ1) is 19.4. The smallest absolute Gasteiger partial charge is 0.224 e. The zero-order valence-corrected chi connectivity index (χ0v) is 17.5. The van der Waals surface area contributed by atoms with Crippen LogP contribution in [0.25, 0.3) is 10.8 Å². The van der Waals surface area contributed by atoms with E-state index in [9.17, 15) is 4.79 Å². The Kier molecular flexibility index (Phi) is 5.51. The summed E-state index contributed by atoms with van der Waals surface area (Å²) in [5, 5.41) is 9.70. The van der Waals surface area contributed by atoms with Crippen molar-refractivity contribution in [2.24, 2.45) is 7.05 Å². The fourth-order valence-corrected chi connectivity index (χ4v) is 4.32. The summed E-state index contributed by atoms with van der Waals surface area (Å²) in [5.41, 5.74) is 5.35. The average Bonchev–Trinajstić information content (AvgIpc) is 2.98. The molecular weight excluding hydrogens is 362 g/mol. The monoisotopic (exact) mass is 391 g/mol.